The highest BCUT2D eigenvalue weighted by molar-refractivity contribution is 7.22. The minimum Gasteiger partial charge on any atom is -0.507 e. The van der Waals surface area contributed by atoms with Crippen LogP contribution in [0, 0.1) is 36.5 Å². The zero-order valence-electron chi connectivity index (χ0n) is 61.3. The minimum absolute atomic E-state index is 0.0369. The van der Waals surface area contributed by atoms with Gasteiger partial charge in [0.15, 0.2) is 0 Å². The molecule has 0 unspecified atom stereocenters. The van der Waals surface area contributed by atoms with Crippen LogP contribution in [-0.2, 0) is 59.1 Å². The number of anilines is 3. The first-order chi connectivity index (χ1) is 50.3. The van der Waals surface area contributed by atoms with Gasteiger partial charge >= 0.3 is 23.9 Å². The van der Waals surface area contributed by atoms with Crippen LogP contribution >= 0.6 is 11.3 Å². The highest BCUT2D eigenvalue weighted by atomic mass is 32.1. The third-order valence-electron chi connectivity index (χ3n) is 19.9. The predicted molar refractivity (Wildman–Crippen MR) is 395 cm³/mol. The number of amides is 9. The molecule has 0 saturated carbocycles. The smallest absolute Gasteiger partial charge is 0.410 e. The van der Waals surface area contributed by atoms with Crippen LogP contribution in [0.25, 0.3) is 31.6 Å². The molecular weight excluding hydrogens is 1390 g/mol. The van der Waals surface area contributed by atoms with Crippen molar-refractivity contribution >= 4 is 109 Å². The van der Waals surface area contributed by atoms with Crippen molar-refractivity contribution in [1.82, 2.24) is 30.7 Å². The summed E-state index contributed by atoms with van der Waals surface area (Å²) in [7, 11) is 1.43. The number of allylic oxidation sites excluding steroid dienone is 2. The Kier molecular flexibility index (Phi) is 26.2. The molecule has 106 heavy (non-hydrogen) atoms. The zero-order chi connectivity index (χ0) is 77.2. The number of phenolic OH excluding ortho intramolecular Hbond substituents is 1. The van der Waals surface area contributed by atoms with Crippen LogP contribution in [0.1, 0.15) is 122 Å². The van der Waals surface area contributed by atoms with Crippen molar-refractivity contribution in [3.63, 3.8) is 0 Å². The molecule has 1 aliphatic carbocycles. The Hall–Kier alpha value is -10.3. The van der Waals surface area contributed by atoms with E-state index in [1.807, 2.05) is 12.1 Å². The molecule has 3 aromatic rings. The number of hydrogen-bond donors (Lipinski definition) is 9. The molecule has 1 saturated heterocycles. The molecule has 1 fully saturated rings. The van der Waals surface area contributed by atoms with E-state index in [-0.39, 0.29) is 125 Å². The number of Topliss-reactive ketones (excluding diaryl/α,β-unsaturated/α-hetero) is 1. The third-order valence-corrected chi connectivity index (χ3v) is 21.0. The maximum atomic E-state index is 15.2. The number of carbonyl (C=O) groups is 10. The number of primary amides is 1. The van der Waals surface area contributed by atoms with Crippen molar-refractivity contribution < 1.29 is 86.9 Å². The molecule has 30 heteroatoms. The number of piperazine rings is 1. The van der Waals surface area contributed by atoms with E-state index in [0.717, 1.165) is 21.9 Å². The Balaban J connectivity index is 0.891. The second-order valence-corrected chi connectivity index (χ2v) is 28.9. The summed E-state index contributed by atoms with van der Waals surface area (Å²) >= 11 is 1.12. The van der Waals surface area contributed by atoms with Crippen LogP contribution in [0.3, 0.4) is 0 Å². The van der Waals surface area contributed by atoms with Crippen molar-refractivity contribution in [1.29, 1.82) is 0 Å². The zero-order valence-corrected chi connectivity index (χ0v) is 62.1. The standard InChI is InChI=1S/C76H94N10O19S/c1-39(2)60(82-54(88)20-13-12-14-31-86-55(89)27-28-56(86)90)73(98)81-51(19-16-30-78-74(77)99)72(97)79-48-23-21-47(22-24-48)38-102-75(100)85-34-32-84(33-35-85)49-25-26-50-53(37-49)106-69-61(80-50)57-58-65(93)45(8)68-59(57)70(95)76(10,105-68)103-36-29-52(101-11)42(5)67(104-46(9)87)44(7)64(92)43(6)63(91)40(3)17-15-18-41(4)71(96)83-62(69)66(58)94/h15,17-18,21-29,36-37,39-40,42-44,51-52,60,63-64,67,91-93H,12-14,16,19-20,30-35,38H2,1-11H3,(H,79,97)(H,81,98)(H,82,88)(H,83,96)(H3,77,78,99)/b17-15+,36-29+,41-18-/t40-,42+,43+,44+,51-,52-,60-,63-,64+,67+,76-/m0/s1. The van der Waals surface area contributed by atoms with Gasteiger partial charge in [0, 0.05) is 130 Å². The van der Waals surface area contributed by atoms with E-state index in [4.69, 9.17) is 34.4 Å². The average molecular weight is 1480 g/mol. The molecule has 4 bridgehead atoms. The van der Waals surface area contributed by atoms with Gasteiger partial charge in [-0.3, -0.25) is 48.1 Å². The molecule has 10 N–H and O–H groups in total. The normalized spacial score (nSPS) is 23.9. The van der Waals surface area contributed by atoms with Crippen LogP contribution < -0.4 is 47.4 Å². The number of hydrogen-bond acceptors (Lipinski definition) is 22. The summed E-state index contributed by atoms with van der Waals surface area (Å²) in [5, 5.41) is 48.7. The van der Waals surface area contributed by atoms with Crippen LogP contribution in [0.4, 0.5) is 26.7 Å². The van der Waals surface area contributed by atoms with Gasteiger partial charge < -0.3 is 81.1 Å². The molecule has 9 rings (SSSR count). The Morgan fingerprint density at radius 2 is 1.55 bits per heavy atom. The number of aromatic hydroxyl groups is 1. The van der Waals surface area contributed by atoms with Gasteiger partial charge in [-0.25, -0.2) is 14.6 Å². The van der Waals surface area contributed by atoms with Crippen molar-refractivity contribution in [2.75, 3.05) is 61.9 Å². The molecule has 568 valence electrons. The summed E-state index contributed by atoms with van der Waals surface area (Å²) in [4.78, 5) is 157. The fourth-order valence-corrected chi connectivity index (χ4v) is 14.6. The number of unbranched alkanes of at least 4 members (excludes halogenated alkanes) is 2. The number of imide groups is 1. The number of nitrogens with two attached hydrogens (primary N) is 1. The van der Waals surface area contributed by atoms with Crippen molar-refractivity contribution in [3.8, 4) is 22.1 Å². The third kappa shape index (κ3) is 18.3. The van der Waals surface area contributed by atoms with Gasteiger partial charge in [0.2, 0.25) is 23.2 Å². The number of esters is 1. The highest BCUT2D eigenvalue weighted by Crippen LogP contribution is 2.52. The van der Waals surface area contributed by atoms with E-state index in [0.29, 0.717) is 53.8 Å². The van der Waals surface area contributed by atoms with Gasteiger partial charge in [-0.1, -0.05) is 78.3 Å². The first kappa shape index (κ1) is 79.8. The summed E-state index contributed by atoms with van der Waals surface area (Å²) in [5.74, 6) is -10.1. The summed E-state index contributed by atoms with van der Waals surface area (Å²) in [5.41, 5.74) is 6.53. The number of aliphatic hydroxyl groups is 2. The monoisotopic (exact) mass is 1480 g/mol. The van der Waals surface area contributed by atoms with Crippen molar-refractivity contribution in [2.24, 2.45) is 35.3 Å². The van der Waals surface area contributed by atoms with Gasteiger partial charge in [-0.05, 0) is 87.4 Å². The van der Waals surface area contributed by atoms with E-state index in [1.165, 1.54) is 65.4 Å². The number of aliphatic hydroxyl groups excluding tert-OH is 2. The van der Waals surface area contributed by atoms with E-state index >= 15 is 9.59 Å². The van der Waals surface area contributed by atoms with Gasteiger partial charge in [0.25, 0.3) is 23.5 Å². The number of methoxy groups -OCH3 is 1. The summed E-state index contributed by atoms with van der Waals surface area (Å²) in [6.07, 6.45) is 7.17. The van der Waals surface area contributed by atoms with Gasteiger partial charge in [0.1, 0.15) is 42.0 Å². The molecule has 29 nitrogen and oxygen atoms in total. The lowest BCUT2D eigenvalue weighted by Gasteiger charge is -2.38. The lowest BCUT2D eigenvalue weighted by Crippen LogP contribution is -2.54. The summed E-state index contributed by atoms with van der Waals surface area (Å²) in [6.45, 7) is 17.6. The molecule has 0 radical (unpaired) electrons. The molecule has 0 aromatic heterocycles. The number of aromatic nitrogens is 1. The highest BCUT2D eigenvalue weighted by Gasteiger charge is 2.50. The number of phenols is 1. The molecule has 9 amide bonds. The molecular formula is C76H94N10O19S. The van der Waals surface area contributed by atoms with Crippen LogP contribution in [0.15, 0.2) is 95.6 Å². The molecule has 5 heterocycles. The quantitative estimate of drug-likeness (QED) is 0.0114. The van der Waals surface area contributed by atoms with Gasteiger partial charge in [0.05, 0.1) is 56.3 Å². The summed E-state index contributed by atoms with van der Waals surface area (Å²) in [6, 6.07) is 9.18. The first-order valence-corrected chi connectivity index (χ1v) is 36.3. The number of nitrogens with zero attached hydrogens (tertiary/aromatic N) is 4. The molecule has 0 spiro atoms. The Morgan fingerprint density at radius 3 is 2.21 bits per heavy atom. The number of ether oxygens (including phenoxy) is 5. The molecule has 6 aliphatic rings. The largest absolute Gasteiger partial charge is 0.507 e. The number of fused-ring (bicyclic) bond motifs is 2. The van der Waals surface area contributed by atoms with Crippen molar-refractivity contribution in [3.05, 3.63) is 118 Å². The average Bonchev–Trinajstić information content (AvgIpc) is 1.42. The lowest BCUT2D eigenvalue weighted by atomic mass is 9.78. The second-order valence-electron chi connectivity index (χ2n) is 27.9. The Morgan fingerprint density at radius 1 is 0.849 bits per heavy atom. The molecule has 3 aromatic carbocycles. The number of carbonyl (C=O) groups excluding carboxylic acids is 10. The van der Waals surface area contributed by atoms with E-state index < -0.39 is 119 Å². The Bertz CT molecular complexity index is 4340. The fourth-order valence-electron chi connectivity index (χ4n) is 13.5. The van der Waals surface area contributed by atoms with Crippen molar-refractivity contribution in [2.45, 2.75) is 157 Å². The molecule has 11 atom stereocenters. The molecule has 5 aliphatic heterocycles. The van der Waals surface area contributed by atoms with Gasteiger partial charge in [-0.15, -0.1) is 11.3 Å². The summed E-state index contributed by atoms with van der Waals surface area (Å²) < 4.78 is 30.5. The van der Waals surface area contributed by atoms with Crippen LogP contribution in [0.5, 0.6) is 11.5 Å². The lowest BCUT2D eigenvalue weighted by molar-refractivity contribution is -0.160. The maximum Gasteiger partial charge on any atom is 0.410 e. The topological polar surface area (TPSA) is 403 Å². The maximum absolute atomic E-state index is 15.2. The minimum atomic E-state index is -2.09. The SMILES string of the molecule is CO[C@H]1/C=C/O[C@@]2(C)Oc3c(C)c(O)c4c(=O)c(c5sc6cc(N7CCN(C(=O)OCc8ccc(NC(=O)[C@H](CCCNC(N)=O)NC(=O)[C@@H](NC(=O)CCCCCN9C(=O)C=CC9=O)C(C)C)cc8)CC7)ccc6nc-5c4c3C2=O)NC(=O)/C(C)=C\C=C\[C@H](C)[C@H](O)[C@@H](C)[C@@H](O)[C@@H](C)[C@H](OC(C)=O)[C@@H]1C. The van der Waals surface area contributed by atoms with Gasteiger partial charge in [-0.2, -0.15) is 0 Å². The number of benzene rings is 4. The first-order valence-electron chi connectivity index (χ1n) is 35.5. The number of ketones is 1. The van der Waals surface area contributed by atoms with Crippen LogP contribution in [0.2, 0.25) is 0 Å². The fraction of sp³-hybridized carbons (Fsp3) is 0.474. The van der Waals surface area contributed by atoms with E-state index in [1.54, 1.807) is 88.9 Å². The van der Waals surface area contributed by atoms with E-state index in [9.17, 15) is 58.5 Å². The van der Waals surface area contributed by atoms with E-state index in [2.05, 4.69) is 31.5 Å². The van der Waals surface area contributed by atoms with Crippen LogP contribution in [-0.4, -0.2) is 178 Å². The Labute approximate surface area is 617 Å². The number of rotatable bonds is 21. The number of urea groups is 1. The predicted octanol–water partition coefficient (Wildman–Crippen LogP) is 7.37. The second kappa shape index (κ2) is 34.7. The number of nitrogens with one attached hydrogen (secondary N) is 5.